The van der Waals surface area contributed by atoms with Gasteiger partial charge in [0.05, 0.1) is 17.7 Å². The van der Waals surface area contributed by atoms with Gasteiger partial charge in [-0.3, -0.25) is 0 Å². The minimum absolute atomic E-state index is 0.270. The summed E-state index contributed by atoms with van der Waals surface area (Å²) in [5.41, 5.74) is 0.730. The molecule has 1 heterocycles. The molecule has 0 spiro atoms. The van der Waals surface area contributed by atoms with Crippen molar-refractivity contribution in [2.75, 3.05) is 4.90 Å². The number of hydrogen-bond acceptors (Lipinski definition) is 2. The summed E-state index contributed by atoms with van der Waals surface area (Å²) in [6, 6.07) is 23.6. The number of rotatable bonds is 2. The lowest BCUT2D eigenvalue weighted by atomic mass is 9.87. The molecule has 28 heavy (non-hydrogen) atoms. The minimum Gasteiger partial charge on any atom is -0.336 e. The zero-order valence-corrected chi connectivity index (χ0v) is 14.7. The first-order valence-electron chi connectivity index (χ1n) is 9.00. The fourth-order valence-corrected chi connectivity index (χ4v) is 4.84. The maximum Gasteiger partial charge on any atom is 0.401 e. The van der Waals surface area contributed by atoms with Crippen molar-refractivity contribution >= 4 is 11.4 Å². The smallest absolute Gasteiger partial charge is 0.336 e. The summed E-state index contributed by atoms with van der Waals surface area (Å²) in [6.45, 7) is 0. The molecule has 2 nitrogen and oxygen atoms in total. The van der Waals surface area contributed by atoms with E-state index in [-0.39, 0.29) is 5.56 Å². The van der Waals surface area contributed by atoms with Crippen LogP contribution in [0.3, 0.4) is 0 Å². The molecule has 0 bridgehead atoms. The summed E-state index contributed by atoms with van der Waals surface area (Å²) in [6.07, 6.45) is -4.42. The van der Waals surface area contributed by atoms with Gasteiger partial charge < -0.3 is 4.90 Å². The Morgan fingerprint density at radius 1 is 0.893 bits per heavy atom. The zero-order valence-electron chi connectivity index (χ0n) is 14.7. The summed E-state index contributed by atoms with van der Waals surface area (Å²) in [5, 5.41) is 9.27. The van der Waals surface area contributed by atoms with Crippen LogP contribution in [0.25, 0.3) is 0 Å². The first-order chi connectivity index (χ1) is 13.5. The molecule has 1 fully saturated rings. The van der Waals surface area contributed by atoms with E-state index in [0.717, 1.165) is 11.4 Å². The standard InChI is InChI=1S/C23H15F3N2/c24-23(25,26)22(16-7-3-1-4-8-16)20-18-13-15(14-27)11-12-19(18)28(21(20)22)17-9-5-2-6-10-17/h1-13,20-21H/t20-,21+,22+/m0/s1. The fraction of sp³-hybridized carbons (Fsp3) is 0.174. The molecule has 1 saturated carbocycles. The van der Waals surface area contributed by atoms with E-state index in [1.807, 2.05) is 30.3 Å². The van der Waals surface area contributed by atoms with Gasteiger partial charge in [-0.25, -0.2) is 0 Å². The maximum atomic E-state index is 14.6. The quantitative estimate of drug-likeness (QED) is 0.576. The lowest BCUT2D eigenvalue weighted by molar-refractivity contribution is -0.163. The average molecular weight is 376 g/mol. The van der Waals surface area contributed by atoms with Gasteiger partial charge in [-0.1, -0.05) is 48.5 Å². The summed E-state index contributed by atoms with van der Waals surface area (Å²) in [7, 11) is 0. The van der Waals surface area contributed by atoms with E-state index in [4.69, 9.17) is 0 Å². The molecule has 0 aromatic heterocycles. The molecule has 3 aromatic carbocycles. The van der Waals surface area contributed by atoms with E-state index in [2.05, 4.69) is 6.07 Å². The highest BCUT2D eigenvalue weighted by Gasteiger charge is 2.83. The van der Waals surface area contributed by atoms with Crippen molar-refractivity contribution in [1.82, 2.24) is 0 Å². The molecule has 3 aromatic rings. The number of para-hydroxylation sites is 1. The van der Waals surface area contributed by atoms with Crippen molar-refractivity contribution in [1.29, 1.82) is 5.26 Å². The summed E-state index contributed by atoms with van der Waals surface area (Å²) >= 11 is 0. The van der Waals surface area contributed by atoms with Crippen LogP contribution in [-0.4, -0.2) is 12.2 Å². The molecule has 0 unspecified atom stereocenters. The number of nitriles is 1. The lowest BCUT2D eigenvalue weighted by Crippen LogP contribution is -2.39. The van der Waals surface area contributed by atoms with Gasteiger partial charge in [-0.15, -0.1) is 0 Å². The van der Waals surface area contributed by atoms with Crippen molar-refractivity contribution in [3.63, 3.8) is 0 Å². The Balaban J connectivity index is 1.77. The normalized spacial score (nSPS) is 25.0. The van der Waals surface area contributed by atoms with Crippen LogP contribution < -0.4 is 4.90 Å². The van der Waals surface area contributed by atoms with E-state index in [9.17, 15) is 18.4 Å². The van der Waals surface area contributed by atoms with Crippen LogP contribution in [0.1, 0.15) is 22.6 Å². The monoisotopic (exact) mass is 376 g/mol. The number of benzene rings is 3. The number of anilines is 2. The first kappa shape index (κ1) is 16.9. The predicted molar refractivity (Wildman–Crippen MR) is 100 cm³/mol. The first-order valence-corrected chi connectivity index (χ1v) is 9.00. The zero-order chi connectivity index (χ0) is 19.5. The van der Waals surface area contributed by atoms with Crippen LogP contribution >= 0.6 is 0 Å². The number of halogens is 3. The molecule has 3 atom stereocenters. The van der Waals surface area contributed by atoms with E-state index < -0.39 is 23.6 Å². The second-order valence-electron chi connectivity index (χ2n) is 7.25. The number of hydrogen-bond donors (Lipinski definition) is 0. The van der Waals surface area contributed by atoms with Crippen molar-refractivity contribution in [3.05, 3.63) is 95.6 Å². The highest BCUT2D eigenvalue weighted by Crippen LogP contribution is 2.75. The SMILES string of the molecule is N#Cc1ccc2c(c1)[C@H]1[C@@H](N2c2ccccc2)[C@]1(c1ccccc1)C(F)(F)F. The van der Waals surface area contributed by atoms with Gasteiger partial charge >= 0.3 is 6.18 Å². The van der Waals surface area contributed by atoms with Crippen LogP contribution in [0.15, 0.2) is 78.9 Å². The molecule has 1 aliphatic carbocycles. The van der Waals surface area contributed by atoms with Gasteiger partial charge in [0, 0.05) is 17.3 Å². The third kappa shape index (κ3) is 2.03. The predicted octanol–water partition coefficient (Wildman–Crippen LogP) is 5.68. The maximum absolute atomic E-state index is 14.6. The van der Waals surface area contributed by atoms with Crippen molar-refractivity contribution < 1.29 is 13.2 Å². The van der Waals surface area contributed by atoms with Gasteiger partial charge in [0.15, 0.2) is 0 Å². The average Bonchev–Trinajstić information content (AvgIpc) is 3.30. The van der Waals surface area contributed by atoms with Gasteiger partial charge in [0.25, 0.3) is 0 Å². The molecule has 5 heteroatoms. The molecule has 5 rings (SSSR count). The topological polar surface area (TPSA) is 27.0 Å². The third-order valence-corrected chi connectivity index (χ3v) is 5.95. The molecule has 0 radical (unpaired) electrons. The van der Waals surface area contributed by atoms with E-state index in [1.165, 1.54) is 0 Å². The van der Waals surface area contributed by atoms with Crippen molar-refractivity contribution in [3.8, 4) is 6.07 Å². The van der Waals surface area contributed by atoms with Crippen LogP contribution in [0.4, 0.5) is 24.5 Å². The Morgan fingerprint density at radius 3 is 2.14 bits per heavy atom. The second-order valence-corrected chi connectivity index (χ2v) is 7.25. The molecule has 138 valence electrons. The molecular formula is C23H15F3N2. The molecule has 0 amide bonds. The summed E-state index contributed by atoms with van der Waals surface area (Å²) < 4.78 is 43.7. The van der Waals surface area contributed by atoms with Gasteiger partial charge in [-0.2, -0.15) is 18.4 Å². The molecule has 1 aliphatic heterocycles. The minimum atomic E-state index is -4.42. The van der Waals surface area contributed by atoms with E-state index in [0.29, 0.717) is 11.1 Å². The third-order valence-electron chi connectivity index (χ3n) is 5.95. The molecule has 2 aliphatic rings. The van der Waals surface area contributed by atoms with Crippen LogP contribution in [0.2, 0.25) is 0 Å². The van der Waals surface area contributed by atoms with Gasteiger partial charge in [-0.05, 0) is 41.5 Å². The summed E-state index contributed by atoms with van der Waals surface area (Å²) in [4.78, 5) is 1.79. The van der Waals surface area contributed by atoms with Crippen LogP contribution in [0.5, 0.6) is 0 Å². The molecule has 0 saturated heterocycles. The molecule has 0 N–H and O–H groups in total. The Kier molecular flexibility index (Phi) is 3.39. The van der Waals surface area contributed by atoms with Crippen molar-refractivity contribution in [2.24, 2.45) is 0 Å². The van der Waals surface area contributed by atoms with E-state index in [1.54, 1.807) is 53.4 Å². The van der Waals surface area contributed by atoms with Crippen LogP contribution in [0, 0.1) is 11.3 Å². The Hall–Kier alpha value is -3.26. The van der Waals surface area contributed by atoms with Crippen molar-refractivity contribution in [2.45, 2.75) is 23.6 Å². The highest BCUT2D eigenvalue weighted by molar-refractivity contribution is 5.81. The summed E-state index contributed by atoms with van der Waals surface area (Å²) in [5.74, 6) is -0.738. The Labute approximate surface area is 160 Å². The largest absolute Gasteiger partial charge is 0.401 e. The Morgan fingerprint density at radius 2 is 1.54 bits per heavy atom. The molecular weight excluding hydrogens is 361 g/mol. The van der Waals surface area contributed by atoms with Gasteiger partial charge in [0.1, 0.15) is 5.41 Å². The van der Waals surface area contributed by atoms with E-state index >= 15 is 0 Å². The fourth-order valence-electron chi connectivity index (χ4n) is 4.84. The number of alkyl halides is 3. The number of fused-ring (bicyclic) bond motifs is 3. The number of nitrogens with zero attached hydrogens (tertiary/aromatic N) is 2. The van der Waals surface area contributed by atoms with Crippen LogP contribution in [-0.2, 0) is 5.41 Å². The second kappa shape index (κ2) is 5.62. The Bertz CT molecular complexity index is 1090. The highest BCUT2D eigenvalue weighted by atomic mass is 19.4. The van der Waals surface area contributed by atoms with Gasteiger partial charge in [0.2, 0.25) is 0 Å². The lowest BCUT2D eigenvalue weighted by Gasteiger charge is -2.32.